The highest BCUT2D eigenvalue weighted by molar-refractivity contribution is 7.85. The normalized spacial score (nSPS) is 23.2. The zero-order valence-corrected chi connectivity index (χ0v) is 9.65. The summed E-state index contributed by atoms with van der Waals surface area (Å²) in [6, 6.07) is 0.418. The summed E-state index contributed by atoms with van der Waals surface area (Å²) >= 11 is 0. The molecule has 2 rings (SSSR count). The van der Waals surface area contributed by atoms with Crippen LogP contribution in [0.2, 0.25) is 0 Å². The van der Waals surface area contributed by atoms with E-state index in [1.807, 2.05) is 0 Å². The van der Waals surface area contributed by atoms with Crippen LogP contribution >= 0.6 is 0 Å². The van der Waals surface area contributed by atoms with Gasteiger partial charge in [-0.1, -0.05) is 0 Å². The molecule has 1 unspecified atom stereocenters. The maximum Gasteiger partial charge on any atom is 0.221 e. The fourth-order valence-corrected chi connectivity index (χ4v) is 2.89. The first-order chi connectivity index (χ1) is 7.24. The first kappa shape index (κ1) is 11.1. The lowest BCUT2D eigenvalue weighted by Crippen LogP contribution is -2.45. The molecule has 4 nitrogen and oxygen atoms in total. The molecule has 1 saturated heterocycles. The molecule has 0 spiro atoms. The average Bonchev–Trinajstić information content (AvgIpc) is 2.92. The minimum atomic E-state index is -0.815. The first-order valence-corrected chi connectivity index (χ1v) is 7.08. The van der Waals surface area contributed by atoms with Crippen LogP contribution in [0.1, 0.15) is 19.3 Å². The van der Waals surface area contributed by atoms with E-state index in [4.69, 9.17) is 0 Å². The third-order valence-corrected chi connectivity index (χ3v) is 4.29. The van der Waals surface area contributed by atoms with E-state index in [0.29, 0.717) is 24.1 Å². The van der Waals surface area contributed by atoms with E-state index in [9.17, 15) is 9.00 Å². The van der Waals surface area contributed by atoms with Gasteiger partial charge >= 0.3 is 0 Å². The van der Waals surface area contributed by atoms with Gasteiger partial charge in [-0.3, -0.25) is 9.00 Å². The Morgan fingerprint density at radius 3 is 2.67 bits per heavy atom. The highest BCUT2D eigenvalue weighted by Crippen LogP contribution is 2.18. The van der Waals surface area contributed by atoms with Crippen molar-refractivity contribution in [3.05, 3.63) is 0 Å². The lowest BCUT2D eigenvalue weighted by molar-refractivity contribution is -0.120. The average molecular weight is 230 g/mol. The van der Waals surface area contributed by atoms with Gasteiger partial charge in [0, 0.05) is 47.9 Å². The summed E-state index contributed by atoms with van der Waals surface area (Å²) < 4.78 is 11.6. The van der Waals surface area contributed by atoms with E-state index >= 15 is 0 Å². The Kier molecular flexibility index (Phi) is 3.75. The number of carbonyl (C=O) groups is 1. The summed E-state index contributed by atoms with van der Waals surface area (Å²) in [5, 5.41) is 6.06. The van der Waals surface area contributed by atoms with Gasteiger partial charge < -0.3 is 10.6 Å². The van der Waals surface area contributed by atoms with Gasteiger partial charge in [0.1, 0.15) is 0 Å². The zero-order valence-electron chi connectivity index (χ0n) is 8.83. The van der Waals surface area contributed by atoms with Crippen molar-refractivity contribution in [2.45, 2.75) is 25.3 Å². The molecule has 5 heteroatoms. The number of carbonyl (C=O) groups excluding carboxylic acids is 1. The Balaban J connectivity index is 1.54. The van der Waals surface area contributed by atoms with Crippen molar-refractivity contribution in [2.75, 3.05) is 24.6 Å². The van der Waals surface area contributed by atoms with Crippen molar-refractivity contribution in [2.24, 2.45) is 5.92 Å². The van der Waals surface area contributed by atoms with E-state index < -0.39 is 10.8 Å². The molecular formula is C10H18N2O2S. The highest BCUT2D eigenvalue weighted by Gasteiger charge is 2.24. The smallest absolute Gasteiger partial charge is 0.221 e. The van der Waals surface area contributed by atoms with Gasteiger partial charge in [0.2, 0.25) is 5.91 Å². The van der Waals surface area contributed by atoms with Crippen molar-refractivity contribution in [3.63, 3.8) is 0 Å². The Hall–Kier alpha value is -0.420. The number of rotatable bonds is 6. The molecule has 1 aliphatic heterocycles. The molecule has 2 N–H and O–H groups in total. The van der Waals surface area contributed by atoms with Crippen LogP contribution < -0.4 is 10.6 Å². The molecule has 2 fully saturated rings. The van der Waals surface area contributed by atoms with Gasteiger partial charge in [0.15, 0.2) is 0 Å². The predicted octanol–water partition coefficient (Wildman–Crippen LogP) is -0.377. The molecule has 0 radical (unpaired) electrons. The van der Waals surface area contributed by atoms with Gasteiger partial charge in [0.25, 0.3) is 0 Å². The van der Waals surface area contributed by atoms with Crippen LogP contribution in [0.15, 0.2) is 0 Å². The summed E-state index contributed by atoms with van der Waals surface area (Å²) in [6.07, 6.45) is 2.65. The summed E-state index contributed by atoms with van der Waals surface area (Å²) in [4.78, 5) is 11.3. The number of amides is 1. The minimum Gasteiger partial charge on any atom is -0.353 e. The fraction of sp³-hybridized carbons (Fsp3) is 0.900. The number of nitrogens with one attached hydrogen (secondary N) is 2. The third kappa shape index (κ3) is 3.91. The molecule has 0 bridgehead atoms. The van der Waals surface area contributed by atoms with E-state index in [0.717, 1.165) is 31.7 Å². The molecule has 0 aromatic heterocycles. The molecule has 1 amide bonds. The Morgan fingerprint density at radius 2 is 2.13 bits per heavy atom. The molecule has 15 heavy (non-hydrogen) atoms. The van der Waals surface area contributed by atoms with Crippen LogP contribution in [-0.4, -0.2) is 40.8 Å². The monoisotopic (exact) mass is 230 g/mol. The summed E-state index contributed by atoms with van der Waals surface area (Å²) in [5.74, 6) is 1.91. The molecule has 1 saturated carbocycles. The molecule has 1 aliphatic carbocycles. The van der Waals surface area contributed by atoms with Crippen molar-refractivity contribution in [1.82, 2.24) is 10.6 Å². The van der Waals surface area contributed by atoms with Crippen LogP contribution in [0.25, 0.3) is 0 Å². The SMILES string of the molecule is O=C(CCS(=O)CC1CNC1)NC1CC1. The molecule has 1 heterocycles. The van der Waals surface area contributed by atoms with Crippen molar-refractivity contribution >= 4 is 16.7 Å². The summed E-state index contributed by atoms with van der Waals surface area (Å²) in [5.41, 5.74) is 0. The topological polar surface area (TPSA) is 58.2 Å². The van der Waals surface area contributed by atoms with E-state index in [1.54, 1.807) is 0 Å². The maximum atomic E-state index is 11.6. The third-order valence-electron chi connectivity index (χ3n) is 2.79. The zero-order chi connectivity index (χ0) is 10.7. The lowest BCUT2D eigenvalue weighted by Gasteiger charge is -2.26. The lowest BCUT2D eigenvalue weighted by atomic mass is 10.1. The predicted molar refractivity (Wildman–Crippen MR) is 60.0 cm³/mol. The summed E-state index contributed by atoms with van der Waals surface area (Å²) in [6.45, 7) is 1.97. The van der Waals surface area contributed by atoms with Crippen molar-refractivity contribution in [3.8, 4) is 0 Å². The number of hydrogen-bond acceptors (Lipinski definition) is 3. The van der Waals surface area contributed by atoms with Gasteiger partial charge in [-0.15, -0.1) is 0 Å². The molecule has 1 atom stereocenters. The van der Waals surface area contributed by atoms with Crippen LogP contribution in [-0.2, 0) is 15.6 Å². The Bertz CT molecular complexity index is 262. The molecule has 0 aromatic carbocycles. The second-order valence-corrected chi connectivity index (χ2v) is 6.05. The molecular weight excluding hydrogens is 212 g/mol. The van der Waals surface area contributed by atoms with E-state index in [-0.39, 0.29) is 5.91 Å². The maximum absolute atomic E-state index is 11.6. The fourth-order valence-electron chi connectivity index (χ4n) is 1.55. The minimum absolute atomic E-state index is 0.0672. The molecule has 2 aliphatic rings. The van der Waals surface area contributed by atoms with E-state index in [1.165, 1.54) is 0 Å². The van der Waals surface area contributed by atoms with Crippen LogP contribution in [0.3, 0.4) is 0 Å². The van der Waals surface area contributed by atoms with E-state index in [2.05, 4.69) is 10.6 Å². The molecule has 0 aromatic rings. The van der Waals surface area contributed by atoms with Gasteiger partial charge in [-0.2, -0.15) is 0 Å². The highest BCUT2D eigenvalue weighted by atomic mass is 32.2. The Labute approximate surface area is 92.6 Å². The van der Waals surface area contributed by atoms with Crippen molar-refractivity contribution in [1.29, 1.82) is 0 Å². The van der Waals surface area contributed by atoms with Crippen molar-refractivity contribution < 1.29 is 9.00 Å². The summed E-state index contributed by atoms with van der Waals surface area (Å²) in [7, 11) is -0.815. The van der Waals surface area contributed by atoms with Gasteiger partial charge in [0.05, 0.1) is 0 Å². The largest absolute Gasteiger partial charge is 0.353 e. The first-order valence-electron chi connectivity index (χ1n) is 5.59. The second-order valence-electron chi connectivity index (χ2n) is 4.43. The standard InChI is InChI=1S/C10H18N2O2S/c13-10(12-9-1-2-9)3-4-15(14)7-8-5-11-6-8/h8-9,11H,1-7H2,(H,12,13). The second kappa shape index (κ2) is 5.07. The van der Waals surface area contributed by atoms with Gasteiger partial charge in [-0.05, 0) is 18.8 Å². The van der Waals surface area contributed by atoms with Gasteiger partial charge in [-0.25, -0.2) is 0 Å². The van der Waals surface area contributed by atoms with Crippen LogP contribution in [0, 0.1) is 5.92 Å². The molecule has 86 valence electrons. The number of hydrogen-bond donors (Lipinski definition) is 2. The Morgan fingerprint density at radius 1 is 1.40 bits per heavy atom. The quantitative estimate of drug-likeness (QED) is 0.654. The van der Waals surface area contributed by atoms with Crippen LogP contribution in [0.5, 0.6) is 0 Å². The van der Waals surface area contributed by atoms with Crippen LogP contribution in [0.4, 0.5) is 0 Å².